The normalized spacial score (nSPS) is 22.4. The van der Waals surface area contributed by atoms with Crippen LogP contribution in [-0.4, -0.2) is 67.5 Å². The molecule has 1 saturated heterocycles. The molecule has 0 radical (unpaired) electrons. The highest BCUT2D eigenvalue weighted by molar-refractivity contribution is 5.77. The number of likely N-dealkylation sites (N-methyl/N-ethyl adjacent to an activating group) is 1. The molecule has 2 unspecified atom stereocenters. The SMILES string of the molecule is C=CCn1c(=O)c2cnc(Nc3ccc(N4CCN(C)CC4)cc3)nc2n1-c1ccc2c(n1)C1(O)CC1CC2. The molecule has 0 amide bonds. The first-order chi connectivity index (χ1) is 18.9. The Balaban J connectivity index is 1.24. The van der Waals surface area contributed by atoms with Gasteiger partial charge >= 0.3 is 0 Å². The van der Waals surface area contributed by atoms with Crippen molar-refractivity contribution in [2.75, 3.05) is 43.4 Å². The van der Waals surface area contributed by atoms with Crippen LogP contribution in [0.1, 0.15) is 24.1 Å². The van der Waals surface area contributed by atoms with E-state index in [1.165, 1.54) is 5.69 Å². The van der Waals surface area contributed by atoms with Crippen molar-refractivity contribution in [3.05, 3.63) is 76.9 Å². The molecule has 4 heterocycles. The van der Waals surface area contributed by atoms with Crippen LogP contribution in [0.25, 0.3) is 16.9 Å². The first-order valence-corrected chi connectivity index (χ1v) is 13.6. The predicted molar refractivity (Wildman–Crippen MR) is 151 cm³/mol. The molecule has 200 valence electrons. The summed E-state index contributed by atoms with van der Waals surface area (Å²) in [7, 11) is 2.15. The molecular weight excluding hydrogens is 492 g/mol. The van der Waals surface area contributed by atoms with E-state index in [-0.39, 0.29) is 18.0 Å². The number of aliphatic hydroxyl groups is 1. The Morgan fingerprint density at radius 3 is 2.69 bits per heavy atom. The van der Waals surface area contributed by atoms with Crippen molar-refractivity contribution in [3.8, 4) is 5.82 Å². The lowest BCUT2D eigenvalue weighted by Gasteiger charge is -2.34. The maximum Gasteiger partial charge on any atom is 0.278 e. The molecule has 39 heavy (non-hydrogen) atoms. The minimum absolute atomic E-state index is 0.212. The van der Waals surface area contributed by atoms with Crippen molar-refractivity contribution >= 4 is 28.4 Å². The second kappa shape index (κ2) is 9.03. The average molecular weight is 525 g/mol. The third kappa shape index (κ3) is 4.02. The second-order valence-electron chi connectivity index (χ2n) is 10.9. The summed E-state index contributed by atoms with van der Waals surface area (Å²) in [6, 6.07) is 12.2. The molecule has 0 spiro atoms. The van der Waals surface area contributed by atoms with Crippen molar-refractivity contribution in [2.24, 2.45) is 5.92 Å². The van der Waals surface area contributed by atoms with Crippen molar-refractivity contribution in [1.82, 2.24) is 29.2 Å². The van der Waals surface area contributed by atoms with Gasteiger partial charge in [-0.1, -0.05) is 12.1 Å². The summed E-state index contributed by atoms with van der Waals surface area (Å²) < 4.78 is 3.28. The van der Waals surface area contributed by atoms with Gasteiger partial charge in [0.25, 0.3) is 5.56 Å². The number of aryl methyl sites for hydroxylation is 1. The summed E-state index contributed by atoms with van der Waals surface area (Å²) in [6.07, 6.45) is 5.87. The number of allylic oxidation sites excluding steroid dienone is 1. The monoisotopic (exact) mass is 524 g/mol. The number of nitrogens with one attached hydrogen (secondary N) is 1. The van der Waals surface area contributed by atoms with E-state index in [0.29, 0.717) is 22.8 Å². The van der Waals surface area contributed by atoms with Gasteiger partial charge in [-0.05, 0) is 68.1 Å². The molecule has 2 N–H and O–H groups in total. The number of fused-ring (bicyclic) bond motifs is 4. The Morgan fingerprint density at radius 2 is 1.92 bits per heavy atom. The van der Waals surface area contributed by atoms with E-state index < -0.39 is 5.60 Å². The molecule has 2 fully saturated rings. The third-order valence-electron chi connectivity index (χ3n) is 8.40. The Labute approximate surface area is 226 Å². The van der Waals surface area contributed by atoms with E-state index in [1.54, 1.807) is 21.6 Å². The fourth-order valence-corrected chi connectivity index (χ4v) is 6.01. The maximum absolute atomic E-state index is 13.3. The molecule has 0 bridgehead atoms. The Bertz CT molecular complexity index is 1630. The molecule has 7 rings (SSSR count). The number of nitrogens with zero attached hydrogens (tertiary/aromatic N) is 7. The van der Waals surface area contributed by atoms with Gasteiger partial charge in [-0.25, -0.2) is 19.3 Å². The number of pyridine rings is 1. The van der Waals surface area contributed by atoms with Gasteiger partial charge < -0.3 is 20.2 Å². The molecule has 2 atom stereocenters. The number of hydrogen-bond donors (Lipinski definition) is 2. The van der Waals surface area contributed by atoms with E-state index in [0.717, 1.165) is 62.4 Å². The van der Waals surface area contributed by atoms with E-state index in [1.807, 2.05) is 24.3 Å². The van der Waals surface area contributed by atoms with Gasteiger partial charge in [0.15, 0.2) is 11.5 Å². The molecule has 3 aliphatic rings. The topological polar surface area (TPSA) is 104 Å². The minimum Gasteiger partial charge on any atom is -0.383 e. The van der Waals surface area contributed by atoms with Crippen LogP contribution in [0.3, 0.4) is 0 Å². The number of hydrogen-bond acceptors (Lipinski definition) is 8. The smallest absolute Gasteiger partial charge is 0.278 e. The van der Waals surface area contributed by atoms with E-state index in [2.05, 4.69) is 45.9 Å². The fourth-order valence-electron chi connectivity index (χ4n) is 6.01. The zero-order valence-electron chi connectivity index (χ0n) is 22.0. The summed E-state index contributed by atoms with van der Waals surface area (Å²) in [5.41, 5.74) is 3.24. The zero-order valence-corrected chi connectivity index (χ0v) is 22.0. The van der Waals surface area contributed by atoms with E-state index in [4.69, 9.17) is 9.97 Å². The summed E-state index contributed by atoms with van der Waals surface area (Å²) in [5.74, 6) is 1.20. The molecule has 1 aliphatic heterocycles. The fraction of sp³-hybridized carbons (Fsp3) is 0.379. The highest BCUT2D eigenvalue weighted by Crippen LogP contribution is 2.57. The third-order valence-corrected chi connectivity index (χ3v) is 8.40. The van der Waals surface area contributed by atoms with Crippen molar-refractivity contribution in [3.63, 3.8) is 0 Å². The van der Waals surface area contributed by atoms with E-state index in [9.17, 15) is 9.90 Å². The summed E-state index contributed by atoms with van der Waals surface area (Å²) in [5, 5.41) is 14.8. The van der Waals surface area contributed by atoms with Crippen LogP contribution in [0.4, 0.5) is 17.3 Å². The Kier molecular flexibility index (Phi) is 5.57. The van der Waals surface area contributed by atoms with Crippen molar-refractivity contribution < 1.29 is 5.11 Å². The molecule has 1 aromatic carbocycles. The predicted octanol–water partition coefficient (Wildman–Crippen LogP) is 2.81. The Hall–Kier alpha value is -4.02. The van der Waals surface area contributed by atoms with Gasteiger partial charge in [0, 0.05) is 43.8 Å². The van der Waals surface area contributed by atoms with Crippen LogP contribution in [0, 0.1) is 5.92 Å². The molecule has 1 saturated carbocycles. The van der Waals surface area contributed by atoms with Crippen LogP contribution >= 0.6 is 0 Å². The molecule has 10 heteroatoms. The van der Waals surface area contributed by atoms with Gasteiger partial charge in [-0.2, -0.15) is 4.98 Å². The second-order valence-corrected chi connectivity index (χ2v) is 10.9. The van der Waals surface area contributed by atoms with Gasteiger partial charge in [-0.15, -0.1) is 6.58 Å². The van der Waals surface area contributed by atoms with Crippen molar-refractivity contribution in [2.45, 2.75) is 31.4 Å². The number of piperazine rings is 1. The van der Waals surface area contributed by atoms with Gasteiger partial charge in [0.05, 0.1) is 12.2 Å². The van der Waals surface area contributed by atoms with Crippen LogP contribution in [0.15, 0.2) is 60.0 Å². The lowest BCUT2D eigenvalue weighted by molar-refractivity contribution is 0.117. The van der Waals surface area contributed by atoms with E-state index >= 15 is 0 Å². The van der Waals surface area contributed by atoms with Gasteiger partial charge in [0.2, 0.25) is 5.95 Å². The number of aromatic nitrogens is 5. The minimum atomic E-state index is -0.853. The molecule has 10 nitrogen and oxygen atoms in total. The van der Waals surface area contributed by atoms with Gasteiger partial charge in [0.1, 0.15) is 11.0 Å². The number of benzene rings is 1. The zero-order chi connectivity index (χ0) is 26.7. The van der Waals surface area contributed by atoms with Crippen LogP contribution in [0.2, 0.25) is 0 Å². The summed E-state index contributed by atoms with van der Waals surface area (Å²) in [6.45, 7) is 8.25. The number of anilines is 3. The average Bonchev–Trinajstić information content (AvgIpc) is 3.58. The first kappa shape index (κ1) is 24.1. The van der Waals surface area contributed by atoms with Crippen LogP contribution in [0.5, 0.6) is 0 Å². The largest absolute Gasteiger partial charge is 0.383 e. The first-order valence-electron chi connectivity index (χ1n) is 13.6. The highest BCUT2D eigenvalue weighted by atomic mass is 16.3. The Morgan fingerprint density at radius 1 is 1.13 bits per heavy atom. The standard InChI is InChI=1S/C29H32N8O2/c1-3-12-36-27(38)23-18-30-28(31-21-7-9-22(10-8-21)35-15-13-34(2)14-16-35)33-26(23)37(36)24-11-5-19-4-6-20-17-29(20,39)25(19)32-24/h3,5,7-11,18,20,39H,1,4,6,12-17H2,2H3,(H,30,31,33). The highest BCUT2D eigenvalue weighted by Gasteiger charge is 2.58. The maximum atomic E-state index is 13.3. The molecule has 2 aliphatic carbocycles. The summed E-state index contributed by atoms with van der Waals surface area (Å²) in [4.78, 5) is 32.1. The number of rotatable bonds is 6. The quantitative estimate of drug-likeness (QED) is 0.371. The molecular formula is C29H32N8O2. The molecule has 4 aromatic rings. The summed E-state index contributed by atoms with van der Waals surface area (Å²) >= 11 is 0. The van der Waals surface area contributed by atoms with Crippen molar-refractivity contribution in [1.29, 1.82) is 0 Å². The molecule has 3 aromatic heterocycles. The van der Waals surface area contributed by atoms with Crippen LogP contribution in [-0.2, 0) is 18.6 Å². The van der Waals surface area contributed by atoms with Crippen LogP contribution < -0.4 is 15.8 Å². The van der Waals surface area contributed by atoms with Gasteiger partial charge in [-0.3, -0.25) is 4.79 Å². The lowest BCUT2D eigenvalue weighted by atomic mass is 9.94. The lowest BCUT2D eigenvalue weighted by Crippen LogP contribution is -2.44.